The van der Waals surface area contributed by atoms with Gasteiger partial charge in [-0.15, -0.1) is 5.10 Å². The van der Waals surface area contributed by atoms with Gasteiger partial charge in [0, 0.05) is 5.56 Å². The number of hydrogen-bond acceptors (Lipinski definition) is 7. The molecule has 0 saturated carbocycles. The summed E-state index contributed by atoms with van der Waals surface area (Å²) >= 11 is 0. The lowest BCUT2D eigenvalue weighted by Crippen LogP contribution is -2.10. The number of nitrogens with zero attached hydrogens (tertiary/aromatic N) is 2. The van der Waals surface area contributed by atoms with Gasteiger partial charge < -0.3 is 19.3 Å². The largest absolute Gasteiger partial charge is 0.493 e. The summed E-state index contributed by atoms with van der Waals surface area (Å²) in [5, 5.41) is 18.8. The Balaban J connectivity index is 2.37. The Kier molecular flexibility index (Phi) is 5.13. The molecular formula is C14H15N3O6. The summed E-state index contributed by atoms with van der Waals surface area (Å²) in [7, 11) is 1.43. The number of aliphatic carboxylic acids is 1. The predicted molar refractivity (Wildman–Crippen MR) is 77.5 cm³/mol. The lowest BCUT2D eigenvalue weighted by atomic mass is 10.1. The number of carboxylic acid groups (broad SMARTS) is 1. The normalized spacial score (nSPS) is 10.2. The van der Waals surface area contributed by atoms with Crippen LogP contribution in [-0.2, 0) is 9.53 Å². The zero-order valence-corrected chi connectivity index (χ0v) is 12.5. The van der Waals surface area contributed by atoms with Gasteiger partial charge in [0.2, 0.25) is 0 Å². The van der Waals surface area contributed by atoms with Crippen molar-refractivity contribution < 1.29 is 28.9 Å². The van der Waals surface area contributed by atoms with Crippen molar-refractivity contribution in [3.8, 4) is 22.8 Å². The summed E-state index contributed by atoms with van der Waals surface area (Å²) in [5.41, 5.74) is 0.801. The van der Waals surface area contributed by atoms with Crippen LogP contribution in [0.1, 0.15) is 17.4 Å². The molecule has 9 heteroatoms. The third-order valence-electron chi connectivity index (χ3n) is 2.80. The zero-order valence-electron chi connectivity index (χ0n) is 12.5. The minimum Gasteiger partial charge on any atom is -0.493 e. The number of rotatable bonds is 7. The first-order valence-electron chi connectivity index (χ1n) is 6.67. The summed E-state index contributed by atoms with van der Waals surface area (Å²) in [4.78, 5) is 22.5. The van der Waals surface area contributed by atoms with Gasteiger partial charge in [-0.2, -0.15) is 10.3 Å². The van der Waals surface area contributed by atoms with Gasteiger partial charge in [0.25, 0.3) is 0 Å². The Morgan fingerprint density at radius 2 is 2.04 bits per heavy atom. The number of ether oxygens (including phenoxy) is 3. The standard InChI is InChI=1S/C14H15N3O6/c1-3-22-14(20)13-12(15-17-16-13)8-4-5-9(21-2)10(6-8)23-7-11(18)19/h4-6H,3,7H2,1-2H3,(H,18,19)(H,15,16,17). The molecule has 1 aromatic heterocycles. The van der Waals surface area contributed by atoms with Gasteiger partial charge in [-0.3, -0.25) is 0 Å². The second-order valence-electron chi connectivity index (χ2n) is 4.29. The maximum atomic E-state index is 11.8. The van der Waals surface area contributed by atoms with E-state index in [0.717, 1.165) is 0 Å². The quantitative estimate of drug-likeness (QED) is 0.727. The molecule has 0 aliphatic rings. The average molecular weight is 321 g/mol. The number of nitrogens with one attached hydrogen (secondary N) is 1. The third-order valence-corrected chi connectivity index (χ3v) is 2.80. The minimum absolute atomic E-state index is 0.0289. The van der Waals surface area contributed by atoms with Crippen molar-refractivity contribution in [1.82, 2.24) is 15.4 Å². The fraction of sp³-hybridized carbons (Fsp3) is 0.286. The van der Waals surface area contributed by atoms with Crippen LogP contribution in [0.25, 0.3) is 11.3 Å². The van der Waals surface area contributed by atoms with E-state index in [9.17, 15) is 9.59 Å². The van der Waals surface area contributed by atoms with Crippen molar-refractivity contribution in [2.75, 3.05) is 20.3 Å². The fourth-order valence-electron chi connectivity index (χ4n) is 1.85. The highest BCUT2D eigenvalue weighted by atomic mass is 16.5. The van der Waals surface area contributed by atoms with Crippen LogP contribution in [0.5, 0.6) is 11.5 Å². The minimum atomic E-state index is -1.12. The van der Waals surface area contributed by atoms with Crippen LogP contribution in [0.2, 0.25) is 0 Å². The number of esters is 1. The van der Waals surface area contributed by atoms with Crippen molar-refractivity contribution in [3.63, 3.8) is 0 Å². The summed E-state index contributed by atoms with van der Waals surface area (Å²) < 4.78 is 15.2. The van der Waals surface area contributed by atoms with Crippen molar-refractivity contribution in [2.24, 2.45) is 0 Å². The highest BCUT2D eigenvalue weighted by Crippen LogP contribution is 2.32. The second-order valence-corrected chi connectivity index (χ2v) is 4.29. The number of aromatic nitrogens is 3. The molecule has 122 valence electrons. The number of methoxy groups -OCH3 is 1. The monoisotopic (exact) mass is 321 g/mol. The number of carbonyl (C=O) groups is 2. The van der Waals surface area contributed by atoms with Crippen LogP contribution in [0.15, 0.2) is 18.2 Å². The molecule has 2 aromatic rings. The Morgan fingerprint density at radius 3 is 2.70 bits per heavy atom. The molecule has 0 aliphatic carbocycles. The van der Waals surface area contributed by atoms with Gasteiger partial charge >= 0.3 is 11.9 Å². The van der Waals surface area contributed by atoms with Gasteiger partial charge in [-0.05, 0) is 25.1 Å². The van der Waals surface area contributed by atoms with Crippen molar-refractivity contribution in [1.29, 1.82) is 0 Å². The number of carbonyl (C=O) groups excluding carboxylic acids is 1. The molecule has 1 heterocycles. The number of carboxylic acids is 1. The molecule has 0 aliphatic heterocycles. The number of H-pyrrole nitrogens is 1. The molecule has 0 spiro atoms. The predicted octanol–water partition coefficient (Wildman–Crippen LogP) is 1.12. The average Bonchev–Trinajstić information content (AvgIpc) is 3.02. The Labute approximate surface area is 131 Å². The first kappa shape index (κ1) is 16.3. The zero-order chi connectivity index (χ0) is 16.8. The van der Waals surface area contributed by atoms with Gasteiger partial charge in [0.1, 0.15) is 5.69 Å². The third kappa shape index (κ3) is 3.76. The topological polar surface area (TPSA) is 124 Å². The highest BCUT2D eigenvalue weighted by Gasteiger charge is 2.20. The Bertz CT molecular complexity index is 712. The van der Waals surface area contributed by atoms with E-state index in [2.05, 4.69) is 15.4 Å². The SMILES string of the molecule is CCOC(=O)c1n[nH]nc1-c1ccc(OC)c(OCC(=O)O)c1. The van der Waals surface area contributed by atoms with E-state index < -0.39 is 18.5 Å². The van der Waals surface area contributed by atoms with Gasteiger partial charge in [-0.25, -0.2) is 9.59 Å². The lowest BCUT2D eigenvalue weighted by Gasteiger charge is -2.10. The maximum Gasteiger partial charge on any atom is 0.361 e. The van der Waals surface area contributed by atoms with Gasteiger partial charge in [0.05, 0.1) is 13.7 Å². The summed E-state index contributed by atoms with van der Waals surface area (Å²) in [6.45, 7) is 1.37. The summed E-state index contributed by atoms with van der Waals surface area (Å²) in [6, 6.07) is 4.74. The Morgan fingerprint density at radius 1 is 1.26 bits per heavy atom. The van der Waals surface area contributed by atoms with Crippen molar-refractivity contribution in [2.45, 2.75) is 6.92 Å². The smallest absolute Gasteiger partial charge is 0.361 e. The molecular weight excluding hydrogens is 306 g/mol. The van der Waals surface area contributed by atoms with Crippen LogP contribution in [0.3, 0.4) is 0 Å². The van der Waals surface area contributed by atoms with E-state index in [1.807, 2.05) is 0 Å². The Hall–Kier alpha value is -3.10. The van der Waals surface area contributed by atoms with E-state index >= 15 is 0 Å². The molecule has 0 unspecified atom stereocenters. The summed E-state index contributed by atoms with van der Waals surface area (Å²) in [5.74, 6) is -1.16. The van der Waals surface area contributed by atoms with E-state index in [1.54, 1.807) is 19.1 Å². The van der Waals surface area contributed by atoms with Crippen molar-refractivity contribution >= 4 is 11.9 Å². The molecule has 9 nitrogen and oxygen atoms in total. The molecule has 2 rings (SSSR count). The van der Waals surface area contributed by atoms with Gasteiger partial charge in [-0.1, -0.05) is 0 Å². The molecule has 0 bridgehead atoms. The van der Waals surface area contributed by atoms with E-state index in [0.29, 0.717) is 11.3 Å². The second kappa shape index (κ2) is 7.25. The molecule has 0 saturated heterocycles. The maximum absolute atomic E-state index is 11.8. The highest BCUT2D eigenvalue weighted by molar-refractivity contribution is 5.94. The number of benzene rings is 1. The fourth-order valence-corrected chi connectivity index (χ4v) is 1.85. The molecule has 0 amide bonds. The molecule has 0 fully saturated rings. The van der Waals surface area contributed by atoms with Crippen LogP contribution < -0.4 is 9.47 Å². The number of hydrogen-bond donors (Lipinski definition) is 2. The molecule has 0 atom stereocenters. The van der Waals surface area contributed by atoms with Gasteiger partial charge in [0.15, 0.2) is 23.8 Å². The molecule has 2 N–H and O–H groups in total. The van der Waals surface area contributed by atoms with E-state index in [1.165, 1.54) is 13.2 Å². The molecule has 1 aromatic carbocycles. The number of aromatic amines is 1. The van der Waals surface area contributed by atoms with Crippen LogP contribution in [0.4, 0.5) is 0 Å². The first-order valence-corrected chi connectivity index (χ1v) is 6.67. The lowest BCUT2D eigenvalue weighted by molar-refractivity contribution is -0.139. The van der Waals surface area contributed by atoms with Crippen LogP contribution in [0, 0.1) is 0 Å². The van der Waals surface area contributed by atoms with Crippen molar-refractivity contribution in [3.05, 3.63) is 23.9 Å². The summed E-state index contributed by atoms with van der Waals surface area (Å²) in [6.07, 6.45) is 0. The van der Waals surface area contributed by atoms with E-state index in [-0.39, 0.29) is 23.7 Å². The van der Waals surface area contributed by atoms with Crippen LogP contribution >= 0.6 is 0 Å². The molecule has 0 radical (unpaired) electrons. The van der Waals surface area contributed by atoms with E-state index in [4.69, 9.17) is 19.3 Å². The first-order chi connectivity index (χ1) is 11.1. The van der Waals surface area contributed by atoms with Crippen LogP contribution in [-0.4, -0.2) is 52.8 Å². The molecule has 23 heavy (non-hydrogen) atoms.